The lowest BCUT2D eigenvalue weighted by molar-refractivity contribution is 0.104. The summed E-state index contributed by atoms with van der Waals surface area (Å²) in [7, 11) is 0. The van der Waals surface area contributed by atoms with Gasteiger partial charge in [0, 0.05) is 31.1 Å². The Kier molecular flexibility index (Phi) is 6.00. The Morgan fingerprint density at radius 3 is 2.85 bits per heavy atom. The van der Waals surface area contributed by atoms with Crippen LogP contribution in [0.4, 0.5) is 16.0 Å². The SMILES string of the molecule is OCCNc1cc(N2CCCC(CO)(Cc3ccccc3F)C2)ncn1. The topological polar surface area (TPSA) is 81.5 Å². The van der Waals surface area contributed by atoms with Crippen molar-refractivity contribution in [3.05, 3.63) is 48.0 Å². The number of hydrogen-bond acceptors (Lipinski definition) is 6. The minimum Gasteiger partial charge on any atom is -0.396 e. The molecule has 2 aromatic rings. The van der Waals surface area contributed by atoms with Gasteiger partial charge in [-0.05, 0) is 30.9 Å². The second-order valence-electron chi connectivity index (χ2n) is 6.86. The summed E-state index contributed by atoms with van der Waals surface area (Å²) >= 11 is 0. The van der Waals surface area contributed by atoms with Crippen LogP contribution in [0.3, 0.4) is 0 Å². The van der Waals surface area contributed by atoms with Gasteiger partial charge in [0.1, 0.15) is 23.8 Å². The normalized spacial score (nSPS) is 20.2. The zero-order chi connectivity index (χ0) is 18.4. The highest BCUT2D eigenvalue weighted by atomic mass is 19.1. The summed E-state index contributed by atoms with van der Waals surface area (Å²) in [6.45, 7) is 1.88. The van der Waals surface area contributed by atoms with Gasteiger partial charge in [0.2, 0.25) is 0 Å². The Balaban J connectivity index is 1.77. The van der Waals surface area contributed by atoms with Gasteiger partial charge in [0.25, 0.3) is 0 Å². The fourth-order valence-electron chi connectivity index (χ4n) is 3.58. The van der Waals surface area contributed by atoms with E-state index in [0.29, 0.717) is 30.9 Å². The zero-order valence-corrected chi connectivity index (χ0v) is 14.7. The van der Waals surface area contributed by atoms with Crippen LogP contribution in [0.2, 0.25) is 0 Å². The third kappa shape index (κ3) is 4.28. The van der Waals surface area contributed by atoms with Gasteiger partial charge in [0.05, 0.1) is 13.2 Å². The minimum absolute atomic E-state index is 0.00145. The molecule has 0 radical (unpaired) electrons. The first-order valence-corrected chi connectivity index (χ1v) is 8.92. The van der Waals surface area contributed by atoms with Crippen molar-refractivity contribution in [1.82, 2.24) is 9.97 Å². The first kappa shape index (κ1) is 18.5. The van der Waals surface area contributed by atoms with E-state index in [9.17, 15) is 9.50 Å². The molecule has 0 amide bonds. The van der Waals surface area contributed by atoms with Gasteiger partial charge in [-0.3, -0.25) is 0 Å². The largest absolute Gasteiger partial charge is 0.396 e. The Morgan fingerprint density at radius 1 is 1.23 bits per heavy atom. The second-order valence-corrected chi connectivity index (χ2v) is 6.86. The van der Waals surface area contributed by atoms with Crippen molar-refractivity contribution in [2.24, 2.45) is 5.41 Å². The van der Waals surface area contributed by atoms with E-state index in [1.807, 2.05) is 12.1 Å². The summed E-state index contributed by atoms with van der Waals surface area (Å²) in [4.78, 5) is 10.6. The molecule has 1 aliphatic rings. The molecule has 26 heavy (non-hydrogen) atoms. The maximum absolute atomic E-state index is 14.1. The van der Waals surface area contributed by atoms with Gasteiger partial charge in [-0.15, -0.1) is 0 Å². The van der Waals surface area contributed by atoms with E-state index < -0.39 is 5.41 Å². The van der Waals surface area contributed by atoms with E-state index in [1.54, 1.807) is 12.1 Å². The molecule has 3 N–H and O–H groups in total. The van der Waals surface area contributed by atoms with Gasteiger partial charge in [-0.1, -0.05) is 18.2 Å². The highest BCUT2D eigenvalue weighted by Gasteiger charge is 2.36. The van der Waals surface area contributed by atoms with Crippen molar-refractivity contribution < 1.29 is 14.6 Å². The van der Waals surface area contributed by atoms with E-state index >= 15 is 0 Å². The number of aromatic nitrogens is 2. The molecule has 1 aromatic heterocycles. The Labute approximate surface area is 152 Å². The quantitative estimate of drug-likeness (QED) is 0.699. The molecule has 0 spiro atoms. The lowest BCUT2D eigenvalue weighted by atomic mass is 9.75. The molecule has 7 heteroatoms. The van der Waals surface area contributed by atoms with Gasteiger partial charge in [-0.2, -0.15) is 0 Å². The highest BCUT2D eigenvalue weighted by molar-refractivity contribution is 5.49. The average Bonchev–Trinajstić information content (AvgIpc) is 2.68. The molecule has 1 atom stereocenters. The monoisotopic (exact) mass is 360 g/mol. The predicted molar refractivity (Wildman–Crippen MR) is 98.7 cm³/mol. The van der Waals surface area contributed by atoms with Crippen molar-refractivity contribution in [2.75, 3.05) is 43.1 Å². The molecular weight excluding hydrogens is 335 g/mol. The number of anilines is 2. The molecule has 3 rings (SSSR count). The number of aliphatic hydroxyl groups is 2. The van der Waals surface area contributed by atoms with Crippen LogP contribution < -0.4 is 10.2 Å². The van der Waals surface area contributed by atoms with Crippen molar-refractivity contribution in [3.63, 3.8) is 0 Å². The second kappa shape index (κ2) is 8.42. The number of piperidine rings is 1. The first-order valence-electron chi connectivity index (χ1n) is 8.92. The van der Waals surface area contributed by atoms with E-state index in [1.165, 1.54) is 12.4 Å². The van der Waals surface area contributed by atoms with Crippen molar-refractivity contribution in [3.8, 4) is 0 Å². The fourth-order valence-corrected chi connectivity index (χ4v) is 3.58. The summed E-state index contributed by atoms with van der Waals surface area (Å²) < 4.78 is 14.1. The summed E-state index contributed by atoms with van der Waals surface area (Å²) in [5.41, 5.74) is 0.237. The number of nitrogens with one attached hydrogen (secondary N) is 1. The fraction of sp³-hybridized carbons (Fsp3) is 0.474. The van der Waals surface area contributed by atoms with Crippen LogP contribution in [-0.4, -0.2) is 53.0 Å². The lowest BCUT2D eigenvalue weighted by Gasteiger charge is -2.42. The standard InChI is InChI=1S/C19H25FN4O2/c20-16-5-2-1-4-15(16)11-19(13-26)6-3-8-24(12-19)18-10-17(21-7-9-25)22-14-23-18/h1-2,4-5,10,14,25-26H,3,6-9,11-13H2,(H,21,22,23). The summed E-state index contributed by atoms with van der Waals surface area (Å²) in [6.07, 6.45) is 3.72. The summed E-state index contributed by atoms with van der Waals surface area (Å²) in [5, 5.41) is 22.1. The molecule has 1 fully saturated rings. The van der Waals surface area contributed by atoms with Gasteiger partial charge in [-0.25, -0.2) is 14.4 Å². The van der Waals surface area contributed by atoms with Crippen LogP contribution in [0, 0.1) is 11.2 Å². The lowest BCUT2D eigenvalue weighted by Crippen LogP contribution is -2.47. The van der Waals surface area contributed by atoms with Gasteiger partial charge in [0.15, 0.2) is 0 Å². The molecule has 0 saturated carbocycles. The summed E-state index contributed by atoms with van der Waals surface area (Å²) in [6, 6.07) is 8.59. The van der Waals surface area contributed by atoms with Crippen LogP contribution in [0.1, 0.15) is 18.4 Å². The molecule has 1 unspecified atom stereocenters. The highest BCUT2D eigenvalue weighted by Crippen LogP contribution is 2.35. The van der Waals surface area contributed by atoms with E-state index in [4.69, 9.17) is 5.11 Å². The number of rotatable bonds is 7. The molecular formula is C19H25FN4O2. The van der Waals surface area contributed by atoms with Gasteiger partial charge < -0.3 is 20.4 Å². The van der Waals surface area contributed by atoms with Crippen molar-refractivity contribution in [2.45, 2.75) is 19.3 Å². The number of hydrogen-bond donors (Lipinski definition) is 3. The number of aliphatic hydroxyl groups excluding tert-OH is 2. The van der Waals surface area contributed by atoms with E-state index in [0.717, 1.165) is 25.2 Å². The van der Waals surface area contributed by atoms with Crippen LogP contribution in [0.25, 0.3) is 0 Å². The predicted octanol–water partition coefficient (Wildman–Crippen LogP) is 1.84. The molecule has 1 saturated heterocycles. The third-order valence-corrected chi connectivity index (χ3v) is 4.91. The van der Waals surface area contributed by atoms with E-state index in [-0.39, 0.29) is 19.0 Å². The van der Waals surface area contributed by atoms with Crippen LogP contribution in [0.5, 0.6) is 0 Å². The molecule has 2 heterocycles. The minimum atomic E-state index is -0.399. The van der Waals surface area contributed by atoms with Crippen LogP contribution in [-0.2, 0) is 6.42 Å². The molecule has 1 aliphatic heterocycles. The Hall–Kier alpha value is -2.25. The molecule has 6 nitrogen and oxygen atoms in total. The number of nitrogens with zero attached hydrogens (tertiary/aromatic N) is 3. The summed E-state index contributed by atoms with van der Waals surface area (Å²) in [5.74, 6) is 1.19. The third-order valence-electron chi connectivity index (χ3n) is 4.91. The average molecular weight is 360 g/mol. The number of halogens is 1. The molecule has 140 valence electrons. The van der Waals surface area contributed by atoms with Crippen LogP contribution >= 0.6 is 0 Å². The Bertz CT molecular complexity index is 730. The van der Waals surface area contributed by atoms with Crippen molar-refractivity contribution >= 4 is 11.6 Å². The van der Waals surface area contributed by atoms with Crippen LogP contribution in [0.15, 0.2) is 36.7 Å². The molecule has 1 aromatic carbocycles. The molecule has 0 aliphatic carbocycles. The Morgan fingerprint density at radius 2 is 2.08 bits per heavy atom. The number of benzene rings is 1. The maximum atomic E-state index is 14.1. The maximum Gasteiger partial charge on any atom is 0.134 e. The first-order chi connectivity index (χ1) is 12.7. The van der Waals surface area contributed by atoms with E-state index in [2.05, 4.69) is 20.2 Å². The zero-order valence-electron chi connectivity index (χ0n) is 14.7. The van der Waals surface area contributed by atoms with Gasteiger partial charge >= 0.3 is 0 Å². The van der Waals surface area contributed by atoms with Crippen molar-refractivity contribution in [1.29, 1.82) is 0 Å². The molecule has 0 bridgehead atoms. The smallest absolute Gasteiger partial charge is 0.134 e.